The third kappa shape index (κ3) is 12.6. The Hall–Kier alpha value is -2.83. The van der Waals surface area contributed by atoms with Crippen molar-refractivity contribution in [2.45, 2.75) is 98.9 Å². The number of rotatable bonds is 24. The zero-order chi connectivity index (χ0) is 39.6. The zero-order valence-corrected chi connectivity index (χ0v) is 33.4. The van der Waals surface area contributed by atoms with E-state index in [1.165, 1.54) is 4.90 Å². The van der Waals surface area contributed by atoms with Gasteiger partial charge in [0.2, 0.25) is 10.0 Å². The average Bonchev–Trinajstić information content (AvgIpc) is 4.13. The van der Waals surface area contributed by atoms with Crippen molar-refractivity contribution in [3.8, 4) is 16.9 Å². The van der Waals surface area contributed by atoms with Gasteiger partial charge in [0.05, 0.1) is 19.0 Å². The van der Waals surface area contributed by atoms with Gasteiger partial charge in [-0.3, -0.25) is 9.78 Å². The maximum Gasteiger partial charge on any atom is 0.254 e. The fraction of sp³-hybridized carbons (Fsp3) is 0.538. The van der Waals surface area contributed by atoms with Crippen molar-refractivity contribution in [2.75, 3.05) is 38.2 Å². The normalized spacial score (nSPS) is 17.3. The van der Waals surface area contributed by atoms with E-state index in [0.29, 0.717) is 37.3 Å². The number of para-hydroxylation sites is 1. The molecule has 2 aromatic carbocycles. The second kappa shape index (κ2) is 20.0. The maximum atomic E-state index is 13.2. The predicted molar refractivity (Wildman–Crippen MR) is 212 cm³/mol. The molecule has 16 heteroatoms. The molecule has 4 atom stereocenters. The van der Waals surface area contributed by atoms with Crippen LogP contribution in [0.3, 0.4) is 0 Å². The van der Waals surface area contributed by atoms with E-state index in [1.807, 2.05) is 42.7 Å². The maximum absolute atomic E-state index is 13.2. The lowest BCUT2D eigenvalue weighted by molar-refractivity contribution is -0.158. The monoisotopic (exact) mass is 820 g/mol. The van der Waals surface area contributed by atoms with Crippen LogP contribution in [0.5, 0.6) is 5.75 Å². The van der Waals surface area contributed by atoms with Gasteiger partial charge in [0.1, 0.15) is 24.1 Å². The van der Waals surface area contributed by atoms with Gasteiger partial charge in [-0.15, -0.1) is 11.8 Å². The summed E-state index contributed by atoms with van der Waals surface area (Å²) in [4.78, 5) is 20.1. The van der Waals surface area contributed by atoms with Crippen LogP contribution in [0, 0.1) is 0 Å². The van der Waals surface area contributed by atoms with Crippen LogP contribution < -0.4 is 14.8 Å². The van der Waals surface area contributed by atoms with Crippen LogP contribution in [-0.2, 0) is 26.9 Å². The Labute approximate surface area is 332 Å². The van der Waals surface area contributed by atoms with E-state index in [2.05, 4.69) is 33.2 Å². The van der Waals surface area contributed by atoms with E-state index < -0.39 is 47.0 Å². The van der Waals surface area contributed by atoms with Gasteiger partial charge in [-0.1, -0.05) is 29.8 Å². The van der Waals surface area contributed by atoms with Crippen molar-refractivity contribution in [1.29, 1.82) is 0 Å². The molecule has 1 amide bonds. The largest absolute Gasteiger partial charge is 0.490 e. The van der Waals surface area contributed by atoms with Crippen molar-refractivity contribution in [3.63, 3.8) is 0 Å². The Morgan fingerprint density at radius 1 is 1.02 bits per heavy atom. The van der Waals surface area contributed by atoms with Gasteiger partial charge in [0.15, 0.2) is 6.10 Å². The minimum absolute atomic E-state index is 0.177. The summed E-state index contributed by atoms with van der Waals surface area (Å²) < 4.78 is 31.4. The number of amides is 1. The number of pyridine rings is 1. The quantitative estimate of drug-likeness (QED) is 0.0515. The number of aliphatic hydroxyl groups excluding tert-OH is 5. The summed E-state index contributed by atoms with van der Waals surface area (Å²) >= 11 is 8.34. The number of aliphatic hydroxyl groups is 5. The lowest BCUT2D eigenvalue weighted by atomic mass is 9.94. The molecule has 1 heterocycles. The van der Waals surface area contributed by atoms with E-state index in [0.717, 1.165) is 70.6 Å². The van der Waals surface area contributed by atoms with Gasteiger partial charge in [0.25, 0.3) is 5.91 Å². The Balaban J connectivity index is 1.15. The summed E-state index contributed by atoms with van der Waals surface area (Å²) in [6, 6.07) is 16.2. The molecule has 5 rings (SSSR count). The summed E-state index contributed by atoms with van der Waals surface area (Å²) in [5, 5.41) is 54.1. The second-order valence-corrected chi connectivity index (χ2v) is 17.8. The van der Waals surface area contributed by atoms with Crippen LogP contribution in [0.1, 0.15) is 62.5 Å². The van der Waals surface area contributed by atoms with Crippen molar-refractivity contribution < 1.29 is 43.5 Å². The first-order chi connectivity index (χ1) is 26.3. The number of halogens is 1. The number of sulfonamides is 1. The summed E-state index contributed by atoms with van der Waals surface area (Å²) in [6.07, 6.45) is 3.65. The molecule has 2 saturated carbocycles. The van der Waals surface area contributed by atoms with Crippen LogP contribution in [-0.4, -0.2) is 119 Å². The van der Waals surface area contributed by atoms with Crippen molar-refractivity contribution >= 4 is 39.3 Å². The zero-order valence-electron chi connectivity index (χ0n) is 31.0. The molecule has 2 aliphatic carbocycles. The molecule has 7 N–H and O–H groups in total. The molecule has 0 aliphatic heterocycles. The number of ether oxygens (including phenoxy) is 1. The number of nitrogens with zero attached hydrogens (tertiary/aromatic N) is 2. The molecule has 0 saturated heterocycles. The molecule has 13 nitrogen and oxygen atoms in total. The lowest BCUT2D eigenvalue weighted by Gasteiger charge is -2.30. The highest BCUT2D eigenvalue weighted by Gasteiger charge is 2.46. The number of thioether (sulfide) groups is 1. The number of benzene rings is 2. The summed E-state index contributed by atoms with van der Waals surface area (Å²) in [5.41, 5.74) is 4.07. The molecule has 0 bridgehead atoms. The molecular formula is C39H53ClN4O9S2. The van der Waals surface area contributed by atoms with E-state index in [9.17, 15) is 33.6 Å². The first kappa shape index (κ1) is 43.3. The van der Waals surface area contributed by atoms with Gasteiger partial charge in [0, 0.05) is 59.6 Å². The number of unbranched alkanes of at least 4 members (excludes halogenated alkanes) is 2. The predicted octanol–water partition coefficient (Wildman–Crippen LogP) is 3.19. The van der Waals surface area contributed by atoms with Crippen molar-refractivity contribution in [1.82, 2.24) is 19.9 Å². The average molecular weight is 821 g/mol. The molecule has 3 aromatic rings. The van der Waals surface area contributed by atoms with E-state index >= 15 is 0 Å². The Kier molecular flexibility index (Phi) is 15.8. The molecule has 2 aliphatic rings. The molecule has 2 fully saturated rings. The Morgan fingerprint density at radius 3 is 2.44 bits per heavy atom. The van der Waals surface area contributed by atoms with Crippen LogP contribution in [0.15, 0.2) is 65.8 Å². The van der Waals surface area contributed by atoms with E-state index in [1.54, 1.807) is 11.8 Å². The lowest BCUT2D eigenvalue weighted by Crippen LogP contribution is -2.53. The molecule has 302 valence electrons. The van der Waals surface area contributed by atoms with E-state index in [-0.39, 0.29) is 31.3 Å². The fourth-order valence-corrected chi connectivity index (χ4v) is 8.02. The SMILES string of the molecule is CS(=O)(=O)NCCCCN(CCCCSc1ccc(Cl)c(CNC2(c3cnccc3-c3ccccc3OC3CC3)CC2)c1)C(=O)[C@@H](O)[C@@H](O)[C@H](O)[C@@H](O)CO. The third-order valence-corrected chi connectivity index (χ3v) is 12.0. The molecule has 0 unspecified atom stereocenters. The highest BCUT2D eigenvalue weighted by molar-refractivity contribution is 7.99. The topological polar surface area (TPSA) is 202 Å². The first-order valence-corrected chi connectivity index (χ1v) is 22.0. The Bertz CT molecular complexity index is 1830. The van der Waals surface area contributed by atoms with Gasteiger partial charge in [-0.2, -0.15) is 0 Å². The van der Waals surface area contributed by atoms with Gasteiger partial charge in [-0.25, -0.2) is 13.1 Å². The van der Waals surface area contributed by atoms with Crippen molar-refractivity contribution in [3.05, 3.63) is 77.1 Å². The van der Waals surface area contributed by atoms with E-state index in [4.69, 9.17) is 21.4 Å². The standard InChI is InChI=1S/C39H53ClN4O9S2/c1-55(51,52)43-17-4-5-19-44(38(50)37(49)36(48)35(47)33(46)25-45)20-6-7-21-54-28-12-13-32(40)26(22-28)23-42-39(15-16-39)31-24-41-18-14-29(31)30-8-2-3-9-34(30)53-27-10-11-27/h2-3,8-9,12-14,18,22,24,27,33,35-37,42-43,45-49H,4-7,10-11,15-17,19-21,23,25H2,1H3/t33-,35+,36-,37-/m0/s1. The number of carbonyl (C=O) groups excluding carboxylic acids is 1. The summed E-state index contributed by atoms with van der Waals surface area (Å²) in [5.74, 6) is 0.788. The highest BCUT2D eigenvalue weighted by Crippen LogP contribution is 2.50. The molecule has 55 heavy (non-hydrogen) atoms. The second-order valence-electron chi connectivity index (χ2n) is 14.4. The number of hydrogen-bond donors (Lipinski definition) is 7. The number of hydrogen-bond acceptors (Lipinski definition) is 12. The van der Waals surface area contributed by atoms with Crippen LogP contribution in [0.4, 0.5) is 0 Å². The first-order valence-electron chi connectivity index (χ1n) is 18.8. The smallest absolute Gasteiger partial charge is 0.254 e. The summed E-state index contributed by atoms with van der Waals surface area (Å²) in [6.45, 7) is 0.302. The van der Waals surface area contributed by atoms with Crippen molar-refractivity contribution in [2.24, 2.45) is 0 Å². The summed E-state index contributed by atoms with van der Waals surface area (Å²) in [7, 11) is -3.36. The number of carbonyl (C=O) groups is 1. The van der Waals surface area contributed by atoms with Crippen LogP contribution in [0.25, 0.3) is 11.1 Å². The van der Waals surface area contributed by atoms with Crippen LogP contribution >= 0.6 is 23.4 Å². The molecule has 1 aromatic heterocycles. The minimum atomic E-state index is -3.36. The highest BCUT2D eigenvalue weighted by atomic mass is 35.5. The molecular weight excluding hydrogens is 768 g/mol. The van der Waals surface area contributed by atoms with Gasteiger partial charge >= 0.3 is 0 Å². The number of nitrogens with one attached hydrogen (secondary N) is 2. The Morgan fingerprint density at radius 2 is 1.75 bits per heavy atom. The van der Waals surface area contributed by atoms with Crippen LogP contribution in [0.2, 0.25) is 5.02 Å². The molecule has 0 spiro atoms. The van der Waals surface area contributed by atoms with Gasteiger partial charge < -0.3 is 40.5 Å². The third-order valence-electron chi connectivity index (χ3n) is 9.85. The molecule has 0 radical (unpaired) electrons. The van der Waals surface area contributed by atoms with Gasteiger partial charge in [-0.05, 0) is 104 Å². The fourth-order valence-electron chi connectivity index (χ4n) is 6.34. The minimum Gasteiger partial charge on any atom is -0.490 e. The number of aromatic nitrogens is 1.